The van der Waals surface area contributed by atoms with Crippen LogP contribution in [0, 0.1) is 5.92 Å². The van der Waals surface area contributed by atoms with E-state index in [1.54, 1.807) is 12.0 Å². The van der Waals surface area contributed by atoms with Crippen LogP contribution in [0.4, 0.5) is 5.69 Å². The fourth-order valence-electron chi connectivity index (χ4n) is 3.72. The van der Waals surface area contributed by atoms with Gasteiger partial charge < -0.3 is 19.9 Å². The molecule has 0 saturated carbocycles. The van der Waals surface area contributed by atoms with E-state index in [0.717, 1.165) is 23.7 Å². The first-order chi connectivity index (χ1) is 13.7. The summed E-state index contributed by atoms with van der Waals surface area (Å²) in [7, 11) is 1.58. The van der Waals surface area contributed by atoms with Crippen LogP contribution in [0.5, 0.6) is 5.75 Å². The number of hydrogen-bond acceptors (Lipinski definition) is 3. The van der Waals surface area contributed by atoms with Gasteiger partial charge in [-0.15, -0.1) is 0 Å². The van der Waals surface area contributed by atoms with E-state index in [1.807, 2.05) is 54.6 Å². The second-order valence-electron chi connectivity index (χ2n) is 7.05. The van der Waals surface area contributed by atoms with Gasteiger partial charge in [0.15, 0.2) is 0 Å². The number of aromatic nitrogens is 1. The van der Waals surface area contributed by atoms with Crippen molar-refractivity contribution in [3.8, 4) is 5.75 Å². The third-order valence-electron chi connectivity index (χ3n) is 5.20. The summed E-state index contributed by atoms with van der Waals surface area (Å²) in [6.45, 7) is 1.07. The highest BCUT2D eigenvalue weighted by Gasteiger charge is 2.30. The Hall–Kier alpha value is -3.28. The molecule has 2 aromatic carbocycles. The molecule has 1 aliphatic rings. The number of nitrogens with one attached hydrogen (secondary N) is 2. The van der Waals surface area contributed by atoms with Crippen molar-refractivity contribution in [2.45, 2.75) is 12.8 Å². The Labute approximate surface area is 163 Å². The number of anilines is 1. The van der Waals surface area contributed by atoms with Crippen molar-refractivity contribution in [1.82, 2.24) is 9.88 Å². The summed E-state index contributed by atoms with van der Waals surface area (Å²) in [6.07, 6.45) is 1.56. The topological polar surface area (TPSA) is 74.4 Å². The van der Waals surface area contributed by atoms with Crippen molar-refractivity contribution in [3.05, 3.63) is 60.3 Å². The van der Waals surface area contributed by atoms with E-state index in [1.165, 1.54) is 0 Å². The van der Waals surface area contributed by atoms with E-state index < -0.39 is 0 Å². The summed E-state index contributed by atoms with van der Waals surface area (Å²) in [5.41, 5.74) is 2.15. The predicted octanol–water partition coefficient (Wildman–Crippen LogP) is 3.67. The van der Waals surface area contributed by atoms with Gasteiger partial charge in [0, 0.05) is 24.0 Å². The van der Waals surface area contributed by atoms with Gasteiger partial charge in [0.2, 0.25) is 5.91 Å². The van der Waals surface area contributed by atoms with Crippen molar-refractivity contribution < 1.29 is 14.3 Å². The number of fused-ring (bicyclic) bond motifs is 1. The molecule has 6 heteroatoms. The van der Waals surface area contributed by atoms with Gasteiger partial charge in [0.1, 0.15) is 11.4 Å². The molecule has 1 atom stereocenters. The maximum Gasteiger partial charge on any atom is 0.270 e. The smallest absolute Gasteiger partial charge is 0.270 e. The largest absolute Gasteiger partial charge is 0.495 e. The van der Waals surface area contributed by atoms with Crippen molar-refractivity contribution in [2.24, 2.45) is 5.92 Å². The number of carbonyl (C=O) groups is 2. The molecule has 2 N–H and O–H groups in total. The van der Waals surface area contributed by atoms with Gasteiger partial charge in [-0.25, -0.2) is 0 Å². The Morgan fingerprint density at radius 3 is 2.75 bits per heavy atom. The number of methoxy groups -OCH3 is 1. The lowest BCUT2D eigenvalue weighted by atomic mass is 9.96. The minimum absolute atomic E-state index is 0.0639. The summed E-state index contributed by atoms with van der Waals surface area (Å²) in [5, 5.41) is 3.95. The molecule has 1 aliphatic heterocycles. The van der Waals surface area contributed by atoms with E-state index >= 15 is 0 Å². The molecule has 0 radical (unpaired) electrons. The number of benzene rings is 2. The Kier molecular flexibility index (Phi) is 5.02. The third-order valence-corrected chi connectivity index (χ3v) is 5.20. The number of ether oxygens (including phenoxy) is 1. The highest BCUT2D eigenvalue weighted by atomic mass is 16.5. The van der Waals surface area contributed by atoms with E-state index in [2.05, 4.69) is 10.3 Å². The van der Waals surface area contributed by atoms with Gasteiger partial charge in [-0.1, -0.05) is 30.3 Å². The van der Waals surface area contributed by atoms with Gasteiger partial charge >= 0.3 is 0 Å². The number of likely N-dealkylation sites (tertiary alicyclic amines) is 1. The lowest BCUT2D eigenvalue weighted by Crippen LogP contribution is -2.43. The number of piperidine rings is 1. The second-order valence-corrected chi connectivity index (χ2v) is 7.05. The minimum Gasteiger partial charge on any atom is -0.495 e. The number of para-hydroxylation sites is 3. The number of carbonyl (C=O) groups excluding carboxylic acids is 2. The molecule has 1 saturated heterocycles. The molecule has 28 heavy (non-hydrogen) atoms. The van der Waals surface area contributed by atoms with Crippen LogP contribution in [0.3, 0.4) is 0 Å². The van der Waals surface area contributed by atoms with Crippen LogP contribution in [-0.2, 0) is 4.79 Å². The van der Waals surface area contributed by atoms with Gasteiger partial charge in [0.05, 0.1) is 18.7 Å². The van der Waals surface area contributed by atoms with Crippen LogP contribution in [0.1, 0.15) is 23.3 Å². The molecule has 3 aromatic rings. The molecule has 1 fully saturated rings. The number of H-pyrrole nitrogens is 1. The summed E-state index contributed by atoms with van der Waals surface area (Å²) in [6, 6.07) is 17.0. The highest BCUT2D eigenvalue weighted by molar-refractivity contribution is 5.99. The molecule has 0 bridgehead atoms. The summed E-state index contributed by atoms with van der Waals surface area (Å²) >= 11 is 0. The number of rotatable bonds is 4. The Bertz CT molecular complexity index is 978. The van der Waals surface area contributed by atoms with Gasteiger partial charge in [0.25, 0.3) is 5.91 Å². The van der Waals surface area contributed by atoms with Crippen molar-refractivity contribution in [1.29, 1.82) is 0 Å². The number of aromatic amines is 1. The van der Waals surface area contributed by atoms with E-state index in [0.29, 0.717) is 30.2 Å². The molecular weight excluding hydrogens is 354 g/mol. The van der Waals surface area contributed by atoms with Gasteiger partial charge in [-0.2, -0.15) is 0 Å². The summed E-state index contributed by atoms with van der Waals surface area (Å²) in [4.78, 5) is 30.7. The van der Waals surface area contributed by atoms with Gasteiger partial charge in [-0.05, 0) is 37.1 Å². The van der Waals surface area contributed by atoms with Crippen molar-refractivity contribution in [2.75, 3.05) is 25.5 Å². The average Bonchev–Trinajstić information content (AvgIpc) is 3.18. The zero-order valence-electron chi connectivity index (χ0n) is 15.8. The quantitative estimate of drug-likeness (QED) is 0.729. The molecule has 4 rings (SSSR count). The Morgan fingerprint density at radius 1 is 1.14 bits per heavy atom. The van der Waals surface area contributed by atoms with Crippen LogP contribution in [0.25, 0.3) is 10.9 Å². The normalized spacial score (nSPS) is 16.8. The SMILES string of the molecule is COc1ccccc1NC(=O)C1CCCN(C(=O)c2cc3ccccc3[nH]2)C1. The van der Waals surface area contributed by atoms with Gasteiger partial charge in [-0.3, -0.25) is 9.59 Å². The first-order valence-electron chi connectivity index (χ1n) is 9.46. The lowest BCUT2D eigenvalue weighted by Gasteiger charge is -2.31. The van der Waals surface area contributed by atoms with Crippen molar-refractivity contribution in [3.63, 3.8) is 0 Å². The standard InChI is InChI=1S/C22H23N3O3/c1-28-20-11-5-4-10-18(20)24-21(26)16-8-6-12-25(14-16)22(27)19-13-15-7-2-3-9-17(15)23-19/h2-5,7,9-11,13,16,23H,6,8,12,14H2,1H3,(H,24,26). The van der Waals surface area contributed by atoms with Crippen LogP contribution >= 0.6 is 0 Å². The predicted molar refractivity (Wildman–Crippen MR) is 109 cm³/mol. The van der Waals surface area contributed by atoms with Crippen molar-refractivity contribution >= 4 is 28.4 Å². The zero-order valence-corrected chi connectivity index (χ0v) is 15.8. The molecule has 0 aliphatic carbocycles. The molecule has 144 valence electrons. The first kappa shape index (κ1) is 18.1. The Morgan fingerprint density at radius 2 is 1.93 bits per heavy atom. The van der Waals surface area contributed by atoms with E-state index in [4.69, 9.17) is 4.74 Å². The molecule has 2 amide bonds. The van der Waals surface area contributed by atoms with E-state index in [-0.39, 0.29) is 17.7 Å². The average molecular weight is 377 g/mol. The maximum absolute atomic E-state index is 12.9. The molecule has 2 heterocycles. The molecule has 1 unspecified atom stereocenters. The van der Waals surface area contributed by atoms with E-state index in [9.17, 15) is 9.59 Å². The van der Waals surface area contributed by atoms with Crippen LogP contribution in [0.15, 0.2) is 54.6 Å². The lowest BCUT2D eigenvalue weighted by molar-refractivity contribution is -0.121. The fourth-order valence-corrected chi connectivity index (χ4v) is 3.72. The maximum atomic E-state index is 12.9. The fraction of sp³-hybridized carbons (Fsp3) is 0.273. The molecule has 0 spiro atoms. The Balaban J connectivity index is 1.46. The highest BCUT2D eigenvalue weighted by Crippen LogP contribution is 2.26. The summed E-state index contributed by atoms with van der Waals surface area (Å²) < 4.78 is 5.30. The molecule has 1 aromatic heterocycles. The van der Waals surface area contributed by atoms with Crippen LogP contribution < -0.4 is 10.1 Å². The zero-order chi connectivity index (χ0) is 19.5. The monoisotopic (exact) mass is 377 g/mol. The molecule has 6 nitrogen and oxygen atoms in total. The molecular formula is C22H23N3O3. The van der Waals surface area contributed by atoms with Crippen LogP contribution in [0.2, 0.25) is 0 Å². The minimum atomic E-state index is -0.244. The first-order valence-corrected chi connectivity index (χ1v) is 9.46. The number of nitrogens with zero attached hydrogens (tertiary/aromatic N) is 1. The number of amides is 2. The number of hydrogen-bond donors (Lipinski definition) is 2. The summed E-state index contributed by atoms with van der Waals surface area (Å²) in [5.74, 6) is 0.231. The third kappa shape index (κ3) is 3.58. The second kappa shape index (κ2) is 7.76. The van der Waals surface area contributed by atoms with Crippen LogP contribution in [-0.4, -0.2) is 41.9 Å².